The monoisotopic (exact) mass is 213 g/mol. The summed E-state index contributed by atoms with van der Waals surface area (Å²) in [6.45, 7) is 4.58. The van der Waals surface area contributed by atoms with Gasteiger partial charge in [-0.25, -0.2) is 0 Å². The van der Waals surface area contributed by atoms with Gasteiger partial charge in [0, 0.05) is 5.54 Å². The molecular formula is C12H23NO2. The Balaban J connectivity index is 2.29. The van der Waals surface area contributed by atoms with Gasteiger partial charge < -0.3 is 10.5 Å². The normalized spacial score (nSPS) is 20.3. The minimum atomic E-state index is -0.285. The summed E-state index contributed by atoms with van der Waals surface area (Å²) >= 11 is 0. The van der Waals surface area contributed by atoms with Gasteiger partial charge in [-0.2, -0.15) is 0 Å². The van der Waals surface area contributed by atoms with Gasteiger partial charge >= 0.3 is 5.97 Å². The van der Waals surface area contributed by atoms with E-state index in [4.69, 9.17) is 10.5 Å². The fourth-order valence-electron chi connectivity index (χ4n) is 2.03. The minimum Gasteiger partial charge on any atom is -0.465 e. The second kappa shape index (κ2) is 5.50. The van der Waals surface area contributed by atoms with Crippen LogP contribution in [0.4, 0.5) is 0 Å². The molecule has 0 bridgehead atoms. The molecule has 0 atom stereocenters. The third-order valence-corrected chi connectivity index (χ3v) is 2.92. The summed E-state index contributed by atoms with van der Waals surface area (Å²) in [5.41, 5.74) is 5.88. The average molecular weight is 213 g/mol. The molecular weight excluding hydrogens is 190 g/mol. The Morgan fingerprint density at radius 3 is 2.47 bits per heavy atom. The van der Waals surface area contributed by atoms with E-state index in [0.29, 0.717) is 18.9 Å². The molecule has 0 radical (unpaired) electrons. The molecule has 3 heteroatoms. The van der Waals surface area contributed by atoms with Gasteiger partial charge in [-0.1, -0.05) is 33.1 Å². The van der Waals surface area contributed by atoms with Crippen molar-refractivity contribution in [3.63, 3.8) is 0 Å². The first-order chi connectivity index (χ1) is 7.02. The number of carbonyl (C=O) groups is 1. The predicted molar refractivity (Wildman–Crippen MR) is 60.4 cm³/mol. The Morgan fingerprint density at radius 1 is 1.33 bits per heavy atom. The maximum absolute atomic E-state index is 11.5. The first kappa shape index (κ1) is 12.5. The fraction of sp³-hybridized carbons (Fsp3) is 0.917. The van der Waals surface area contributed by atoms with E-state index in [2.05, 4.69) is 0 Å². The van der Waals surface area contributed by atoms with Crippen LogP contribution >= 0.6 is 0 Å². The first-order valence-corrected chi connectivity index (χ1v) is 5.96. The zero-order valence-corrected chi connectivity index (χ0v) is 9.92. The van der Waals surface area contributed by atoms with Gasteiger partial charge in [0.05, 0.1) is 13.0 Å². The van der Waals surface area contributed by atoms with Crippen molar-refractivity contribution in [3.05, 3.63) is 0 Å². The van der Waals surface area contributed by atoms with Crippen LogP contribution in [0.1, 0.15) is 52.4 Å². The predicted octanol–water partition coefficient (Wildman–Crippen LogP) is 2.24. The second-order valence-corrected chi connectivity index (χ2v) is 5.18. The standard InChI is InChI=1S/C12H23NO2/c1-10(2)9-15-11(14)8-12(13)6-4-3-5-7-12/h10H,3-9,13H2,1-2H3. The SMILES string of the molecule is CC(C)COC(=O)CC1(N)CCCCC1. The molecule has 0 saturated heterocycles. The molecule has 1 aliphatic rings. The molecule has 0 aromatic heterocycles. The molecule has 1 saturated carbocycles. The number of rotatable bonds is 4. The Labute approximate surface area is 92.4 Å². The third kappa shape index (κ3) is 4.65. The van der Waals surface area contributed by atoms with Gasteiger partial charge in [0.25, 0.3) is 0 Å². The van der Waals surface area contributed by atoms with Crippen LogP contribution in [-0.4, -0.2) is 18.1 Å². The van der Waals surface area contributed by atoms with Crippen molar-refractivity contribution in [2.75, 3.05) is 6.61 Å². The van der Waals surface area contributed by atoms with Crippen LogP contribution in [-0.2, 0) is 9.53 Å². The van der Waals surface area contributed by atoms with Crippen molar-refractivity contribution in [2.24, 2.45) is 11.7 Å². The number of ether oxygens (including phenoxy) is 1. The highest BCUT2D eigenvalue weighted by molar-refractivity contribution is 5.70. The van der Waals surface area contributed by atoms with Crippen molar-refractivity contribution >= 4 is 5.97 Å². The molecule has 1 fully saturated rings. The number of carbonyl (C=O) groups excluding carboxylic acids is 1. The molecule has 0 spiro atoms. The van der Waals surface area contributed by atoms with Gasteiger partial charge in [-0.15, -0.1) is 0 Å². The summed E-state index contributed by atoms with van der Waals surface area (Å²) < 4.78 is 5.15. The van der Waals surface area contributed by atoms with Crippen molar-refractivity contribution in [3.8, 4) is 0 Å². The molecule has 2 N–H and O–H groups in total. The number of nitrogens with two attached hydrogens (primary N) is 1. The van der Waals surface area contributed by atoms with E-state index in [-0.39, 0.29) is 11.5 Å². The molecule has 0 aromatic carbocycles. The zero-order chi connectivity index (χ0) is 11.3. The van der Waals surface area contributed by atoms with E-state index in [0.717, 1.165) is 25.7 Å². The Hall–Kier alpha value is -0.570. The number of esters is 1. The molecule has 0 aliphatic heterocycles. The van der Waals surface area contributed by atoms with Gasteiger partial charge in [-0.3, -0.25) is 4.79 Å². The lowest BCUT2D eigenvalue weighted by Crippen LogP contribution is -2.44. The van der Waals surface area contributed by atoms with Crippen LogP contribution in [0.25, 0.3) is 0 Å². The van der Waals surface area contributed by atoms with Crippen molar-refractivity contribution < 1.29 is 9.53 Å². The van der Waals surface area contributed by atoms with E-state index in [9.17, 15) is 4.79 Å². The van der Waals surface area contributed by atoms with Crippen molar-refractivity contribution in [1.29, 1.82) is 0 Å². The molecule has 3 nitrogen and oxygen atoms in total. The Bertz CT molecular complexity index is 208. The largest absolute Gasteiger partial charge is 0.465 e. The first-order valence-electron chi connectivity index (χ1n) is 5.96. The summed E-state index contributed by atoms with van der Waals surface area (Å²) in [6, 6.07) is 0. The summed E-state index contributed by atoms with van der Waals surface area (Å²) in [7, 11) is 0. The van der Waals surface area contributed by atoms with Crippen molar-refractivity contribution in [2.45, 2.75) is 57.9 Å². The fourth-order valence-corrected chi connectivity index (χ4v) is 2.03. The summed E-state index contributed by atoms with van der Waals surface area (Å²) in [4.78, 5) is 11.5. The summed E-state index contributed by atoms with van der Waals surface area (Å²) in [5, 5.41) is 0. The lowest BCUT2D eigenvalue weighted by Gasteiger charge is -2.32. The van der Waals surface area contributed by atoms with Crippen LogP contribution in [0, 0.1) is 5.92 Å². The van der Waals surface area contributed by atoms with E-state index in [1.807, 2.05) is 13.8 Å². The number of hydrogen-bond donors (Lipinski definition) is 1. The highest BCUT2D eigenvalue weighted by Crippen LogP contribution is 2.28. The van der Waals surface area contributed by atoms with Gasteiger partial charge in [-0.05, 0) is 18.8 Å². The molecule has 15 heavy (non-hydrogen) atoms. The van der Waals surface area contributed by atoms with Crippen molar-refractivity contribution in [1.82, 2.24) is 0 Å². The van der Waals surface area contributed by atoms with Gasteiger partial charge in [0.2, 0.25) is 0 Å². The molecule has 1 aliphatic carbocycles. The van der Waals surface area contributed by atoms with Crippen LogP contribution in [0.15, 0.2) is 0 Å². The smallest absolute Gasteiger partial charge is 0.307 e. The topological polar surface area (TPSA) is 52.3 Å². The summed E-state index contributed by atoms with van der Waals surface area (Å²) in [6.07, 6.45) is 5.86. The van der Waals surface area contributed by atoms with Crippen LogP contribution in [0.2, 0.25) is 0 Å². The zero-order valence-electron chi connectivity index (χ0n) is 9.92. The second-order valence-electron chi connectivity index (χ2n) is 5.18. The molecule has 1 rings (SSSR count). The quantitative estimate of drug-likeness (QED) is 0.729. The summed E-state index contributed by atoms with van der Waals surface area (Å²) in [5.74, 6) is 0.266. The molecule has 88 valence electrons. The molecule has 0 aromatic rings. The average Bonchev–Trinajstić information content (AvgIpc) is 2.15. The molecule has 0 unspecified atom stereocenters. The third-order valence-electron chi connectivity index (χ3n) is 2.92. The van der Waals surface area contributed by atoms with E-state index in [1.165, 1.54) is 6.42 Å². The lowest BCUT2D eigenvalue weighted by molar-refractivity contribution is -0.146. The van der Waals surface area contributed by atoms with Crippen LogP contribution in [0.3, 0.4) is 0 Å². The maximum atomic E-state index is 11.5. The van der Waals surface area contributed by atoms with Crippen LogP contribution < -0.4 is 5.73 Å². The Morgan fingerprint density at radius 2 is 1.93 bits per heavy atom. The molecule has 0 heterocycles. The van der Waals surface area contributed by atoms with Gasteiger partial charge in [0.1, 0.15) is 0 Å². The van der Waals surface area contributed by atoms with E-state index in [1.54, 1.807) is 0 Å². The lowest BCUT2D eigenvalue weighted by atomic mass is 9.80. The van der Waals surface area contributed by atoms with Crippen LogP contribution in [0.5, 0.6) is 0 Å². The Kier molecular flexibility index (Phi) is 4.58. The van der Waals surface area contributed by atoms with E-state index < -0.39 is 0 Å². The number of hydrogen-bond acceptors (Lipinski definition) is 3. The molecule has 0 amide bonds. The van der Waals surface area contributed by atoms with E-state index >= 15 is 0 Å². The minimum absolute atomic E-state index is 0.131. The maximum Gasteiger partial charge on any atom is 0.307 e. The highest BCUT2D eigenvalue weighted by atomic mass is 16.5. The highest BCUT2D eigenvalue weighted by Gasteiger charge is 2.30. The van der Waals surface area contributed by atoms with Gasteiger partial charge in [0.15, 0.2) is 0 Å².